The molecule has 106 valence electrons. The average molecular weight is 275 g/mol. The third-order valence-electron chi connectivity index (χ3n) is 3.06. The molecule has 20 heavy (non-hydrogen) atoms. The summed E-state index contributed by atoms with van der Waals surface area (Å²) in [7, 11) is 1.60. The minimum Gasteiger partial charge on any atom is -0.497 e. The van der Waals surface area contributed by atoms with Crippen LogP contribution in [-0.4, -0.2) is 23.3 Å². The van der Waals surface area contributed by atoms with Gasteiger partial charge in [0, 0.05) is 6.42 Å². The van der Waals surface area contributed by atoms with E-state index in [0.717, 1.165) is 17.7 Å². The highest BCUT2D eigenvalue weighted by Gasteiger charge is 2.21. The van der Waals surface area contributed by atoms with Gasteiger partial charge in [-0.05, 0) is 24.1 Å². The SMILES string of the molecule is CCCc1noc(Cc2ccc(OC)cc2)c1C(=O)O. The maximum absolute atomic E-state index is 11.3. The zero-order valence-corrected chi connectivity index (χ0v) is 11.5. The monoisotopic (exact) mass is 275 g/mol. The third-order valence-corrected chi connectivity index (χ3v) is 3.06. The predicted molar refractivity (Wildman–Crippen MR) is 73.3 cm³/mol. The van der Waals surface area contributed by atoms with Crippen LogP contribution in [0.4, 0.5) is 0 Å². The summed E-state index contributed by atoms with van der Waals surface area (Å²) in [5, 5.41) is 13.2. The van der Waals surface area contributed by atoms with Crippen LogP contribution in [0.15, 0.2) is 28.8 Å². The molecule has 0 bridgehead atoms. The van der Waals surface area contributed by atoms with E-state index in [9.17, 15) is 9.90 Å². The molecule has 1 N–H and O–H groups in total. The van der Waals surface area contributed by atoms with Gasteiger partial charge in [-0.25, -0.2) is 4.79 Å². The lowest BCUT2D eigenvalue weighted by molar-refractivity contribution is 0.0693. The van der Waals surface area contributed by atoms with Crippen LogP contribution in [0, 0.1) is 0 Å². The molecule has 0 unspecified atom stereocenters. The van der Waals surface area contributed by atoms with Gasteiger partial charge in [-0.2, -0.15) is 0 Å². The molecule has 0 aliphatic carbocycles. The number of nitrogens with zero attached hydrogens (tertiary/aromatic N) is 1. The van der Waals surface area contributed by atoms with Crippen LogP contribution in [0.2, 0.25) is 0 Å². The zero-order chi connectivity index (χ0) is 14.5. The van der Waals surface area contributed by atoms with E-state index in [2.05, 4.69) is 5.16 Å². The summed E-state index contributed by atoms with van der Waals surface area (Å²) in [4.78, 5) is 11.3. The van der Waals surface area contributed by atoms with E-state index >= 15 is 0 Å². The van der Waals surface area contributed by atoms with E-state index in [1.165, 1.54) is 0 Å². The van der Waals surface area contributed by atoms with Crippen LogP contribution in [-0.2, 0) is 12.8 Å². The lowest BCUT2D eigenvalue weighted by Crippen LogP contribution is -2.04. The average Bonchev–Trinajstić information content (AvgIpc) is 2.83. The molecule has 5 nitrogen and oxygen atoms in total. The summed E-state index contributed by atoms with van der Waals surface area (Å²) in [5.41, 5.74) is 1.67. The second-order valence-electron chi connectivity index (χ2n) is 4.51. The fourth-order valence-electron chi connectivity index (χ4n) is 2.06. The molecular formula is C15H17NO4. The molecule has 2 aromatic rings. The Morgan fingerprint density at radius 2 is 2.05 bits per heavy atom. The number of aryl methyl sites for hydroxylation is 1. The first-order valence-electron chi connectivity index (χ1n) is 6.49. The van der Waals surface area contributed by atoms with Crippen molar-refractivity contribution >= 4 is 5.97 Å². The summed E-state index contributed by atoms with van der Waals surface area (Å²) in [5.74, 6) is 0.167. The smallest absolute Gasteiger partial charge is 0.341 e. The van der Waals surface area contributed by atoms with Gasteiger partial charge < -0.3 is 14.4 Å². The van der Waals surface area contributed by atoms with Crippen LogP contribution in [0.1, 0.15) is 40.7 Å². The van der Waals surface area contributed by atoms with E-state index < -0.39 is 5.97 Å². The molecule has 0 radical (unpaired) electrons. The number of methoxy groups -OCH3 is 1. The van der Waals surface area contributed by atoms with Gasteiger partial charge in [0.05, 0.1) is 12.8 Å². The molecule has 0 aliphatic heterocycles. The van der Waals surface area contributed by atoms with Gasteiger partial charge in [-0.1, -0.05) is 30.6 Å². The number of hydrogen-bond acceptors (Lipinski definition) is 4. The van der Waals surface area contributed by atoms with Gasteiger partial charge in [-0.15, -0.1) is 0 Å². The van der Waals surface area contributed by atoms with Gasteiger partial charge in [0.25, 0.3) is 0 Å². The number of carboxylic acids is 1. The Kier molecular flexibility index (Phi) is 4.40. The predicted octanol–water partition coefficient (Wildman–Crippen LogP) is 2.92. The Bertz CT molecular complexity index is 586. The zero-order valence-electron chi connectivity index (χ0n) is 11.5. The first-order chi connectivity index (χ1) is 9.65. The van der Waals surface area contributed by atoms with Crippen molar-refractivity contribution in [2.45, 2.75) is 26.2 Å². The summed E-state index contributed by atoms with van der Waals surface area (Å²) in [6.07, 6.45) is 1.84. The molecule has 0 saturated heterocycles. The van der Waals surface area contributed by atoms with Gasteiger partial charge >= 0.3 is 5.97 Å². The van der Waals surface area contributed by atoms with Crippen molar-refractivity contribution in [3.8, 4) is 5.75 Å². The van der Waals surface area contributed by atoms with E-state index in [-0.39, 0.29) is 5.56 Å². The summed E-state index contributed by atoms with van der Waals surface area (Å²) < 4.78 is 10.3. The van der Waals surface area contributed by atoms with E-state index in [0.29, 0.717) is 24.3 Å². The number of rotatable bonds is 6. The number of aromatic nitrogens is 1. The first-order valence-corrected chi connectivity index (χ1v) is 6.49. The second-order valence-corrected chi connectivity index (χ2v) is 4.51. The Balaban J connectivity index is 2.25. The first kappa shape index (κ1) is 14.1. The van der Waals surface area contributed by atoms with Crippen molar-refractivity contribution in [3.05, 3.63) is 46.8 Å². The molecule has 0 amide bonds. The van der Waals surface area contributed by atoms with Crippen LogP contribution in [0.25, 0.3) is 0 Å². The number of carboxylic acid groups (broad SMARTS) is 1. The topological polar surface area (TPSA) is 72.6 Å². The molecule has 0 saturated carbocycles. The Labute approximate surface area is 117 Å². The molecule has 0 fully saturated rings. The van der Waals surface area contributed by atoms with Crippen molar-refractivity contribution in [3.63, 3.8) is 0 Å². The fraction of sp³-hybridized carbons (Fsp3) is 0.333. The highest BCUT2D eigenvalue weighted by molar-refractivity contribution is 5.90. The lowest BCUT2D eigenvalue weighted by Gasteiger charge is -2.02. The molecule has 0 atom stereocenters. The molecule has 1 aromatic carbocycles. The Morgan fingerprint density at radius 3 is 2.60 bits per heavy atom. The normalized spacial score (nSPS) is 10.5. The van der Waals surface area contributed by atoms with Gasteiger partial charge in [-0.3, -0.25) is 0 Å². The van der Waals surface area contributed by atoms with Crippen molar-refractivity contribution in [1.29, 1.82) is 0 Å². The minimum absolute atomic E-state index is 0.197. The molecule has 2 rings (SSSR count). The van der Waals surface area contributed by atoms with Gasteiger partial charge in [0.15, 0.2) is 5.76 Å². The van der Waals surface area contributed by atoms with Crippen LogP contribution >= 0.6 is 0 Å². The van der Waals surface area contributed by atoms with E-state index in [1.807, 2.05) is 31.2 Å². The number of ether oxygens (including phenoxy) is 1. The largest absolute Gasteiger partial charge is 0.497 e. The number of hydrogen-bond donors (Lipinski definition) is 1. The lowest BCUT2D eigenvalue weighted by atomic mass is 10.0. The van der Waals surface area contributed by atoms with Crippen LogP contribution < -0.4 is 4.74 Å². The minimum atomic E-state index is -0.988. The Hall–Kier alpha value is -2.30. The highest BCUT2D eigenvalue weighted by Crippen LogP contribution is 2.21. The van der Waals surface area contributed by atoms with Crippen LogP contribution in [0.5, 0.6) is 5.75 Å². The molecule has 1 heterocycles. The molecular weight excluding hydrogens is 258 g/mol. The molecule has 5 heteroatoms. The maximum atomic E-state index is 11.3. The Morgan fingerprint density at radius 1 is 1.35 bits per heavy atom. The molecule has 0 aliphatic rings. The summed E-state index contributed by atoms with van der Waals surface area (Å²) in [6, 6.07) is 7.43. The van der Waals surface area contributed by atoms with Crippen LogP contribution in [0.3, 0.4) is 0 Å². The third kappa shape index (κ3) is 2.99. The van der Waals surface area contributed by atoms with Crippen molar-refractivity contribution in [2.24, 2.45) is 0 Å². The fourth-order valence-corrected chi connectivity index (χ4v) is 2.06. The van der Waals surface area contributed by atoms with E-state index in [4.69, 9.17) is 9.26 Å². The van der Waals surface area contributed by atoms with Gasteiger partial charge in [0.1, 0.15) is 11.3 Å². The standard InChI is InChI=1S/C15H17NO4/c1-3-4-12-14(15(17)18)13(20-16-12)9-10-5-7-11(19-2)8-6-10/h5-8H,3-4,9H2,1-2H3,(H,17,18). The number of aromatic carboxylic acids is 1. The van der Waals surface area contributed by atoms with Crippen molar-refractivity contribution in [1.82, 2.24) is 5.16 Å². The quantitative estimate of drug-likeness (QED) is 0.877. The summed E-state index contributed by atoms with van der Waals surface area (Å²) >= 11 is 0. The molecule has 1 aromatic heterocycles. The highest BCUT2D eigenvalue weighted by atomic mass is 16.5. The second kappa shape index (κ2) is 6.23. The number of carbonyl (C=O) groups is 1. The number of benzene rings is 1. The van der Waals surface area contributed by atoms with E-state index in [1.54, 1.807) is 7.11 Å². The summed E-state index contributed by atoms with van der Waals surface area (Å²) in [6.45, 7) is 1.98. The molecule has 0 spiro atoms. The van der Waals surface area contributed by atoms with Crippen molar-refractivity contribution < 1.29 is 19.2 Å². The van der Waals surface area contributed by atoms with Crippen molar-refractivity contribution in [2.75, 3.05) is 7.11 Å². The van der Waals surface area contributed by atoms with Gasteiger partial charge in [0.2, 0.25) is 0 Å². The maximum Gasteiger partial charge on any atom is 0.341 e.